The Morgan fingerprint density at radius 2 is 1.82 bits per heavy atom. The third kappa shape index (κ3) is 4.50. The van der Waals surface area contributed by atoms with E-state index in [1.807, 2.05) is 45.0 Å². The first-order chi connectivity index (χ1) is 10.5. The topological polar surface area (TPSA) is 38.3 Å². The Balaban J connectivity index is 2.08. The summed E-state index contributed by atoms with van der Waals surface area (Å²) < 4.78 is 5.68. The van der Waals surface area contributed by atoms with Crippen molar-refractivity contribution in [3.63, 3.8) is 0 Å². The summed E-state index contributed by atoms with van der Waals surface area (Å²) >= 11 is 5.92. The fraction of sp³-hybridized carbons (Fsp3) is 0.278. The average Bonchev–Trinajstić information content (AvgIpc) is 2.46. The summed E-state index contributed by atoms with van der Waals surface area (Å²) in [6.07, 6.45) is 0.117. The number of nitrogens with one attached hydrogen (secondary N) is 1. The largest absolute Gasteiger partial charge is 0.491 e. The van der Waals surface area contributed by atoms with Crippen molar-refractivity contribution >= 4 is 17.5 Å². The lowest BCUT2D eigenvalue weighted by Gasteiger charge is -2.16. The maximum absolute atomic E-state index is 12.2. The van der Waals surface area contributed by atoms with Crippen molar-refractivity contribution in [3.8, 4) is 5.75 Å². The number of hydrogen-bond acceptors (Lipinski definition) is 2. The van der Waals surface area contributed by atoms with Crippen LogP contribution in [0.2, 0.25) is 5.02 Å². The third-order valence-corrected chi connectivity index (χ3v) is 3.40. The number of carbonyl (C=O) groups is 1. The predicted molar refractivity (Wildman–Crippen MR) is 89.5 cm³/mol. The highest BCUT2D eigenvalue weighted by Gasteiger charge is 2.12. The first-order valence-corrected chi connectivity index (χ1v) is 7.66. The van der Waals surface area contributed by atoms with Gasteiger partial charge in [-0.1, -0.05) is 29.8 Å². The van der Waals surface area contributed by atoms with Gasteiger partial charge in [0.1, 0.15) is 5.75 Å². The molecule has 0 bridgehead atoms. The molecule has 0 radical (unpaired) electrons. The standard InChI is InChI=1S/C18H20ClNO2/c1-12(2)22-17-9-5-6-14(11-17)13(3)20-18(21)15-7-4-8-16(19)10-15/h4-13H,1-3H3,(H,20,21). The van der Waals surface area contributed by atoms with Gasteiger partial charge in [-0.2, -0.15) is 0 Å². The molecule has 0 heterocycles. The van der Waals surface area contributed by atoms with Crippen molar-refractivity contribution in [1.29, 1.82) is 0 Å². The molecular weight excluding hydrogens is 298 g/mol. The van der Waals surface area contributed by atoms with Crippen LogP contribution in [0, 0.1) is 0 Å². The molecule has 2 rings (SSSR count). The molecule has 0 aliphatic heterocycles. The van der Waals surface area contributed by atoms with Crippen molar-refractivity contribution in [1.82, 2.24) is 5.32 Å². The SMILES string of the molecule is CC(C)Oc1cccc(C(C)NC(=O)c2cccc(Cl)c2)c1. The minimum absolute atomic E-state index is 0.117. The molecule has 1 amide bonds. The monoisotopic (exact) mass is 317 g/mol. The van der Waals surface area contributed by atoms with Gasteiger partial charge < -0.3 is 10.1 Å². The van der Waals surface area contributed by atoms with Crippen molar-refractivity contribution in [2.75, 3.05) is 0 Å². The van der Waals surface area contributed by atoms with Gasteiger partial charge in [-0.25, -0.2) is 0 Å². The lowest BCUT2D eigenvalue weighted by Crippen LogP contribution is -2.26. The number of ether oxygens (including phenoxy) is 1. The van der Waals surface area contributed by atoms with Gasteiger partial charge in [0.15, 0.2) is 0 Å². The van der Waals surface area contributed by atoms with Crippen LogP contribution >= 0.6 is 11.6 Å². The lowest BCUT2D eigenvalue weighted by molar-refractivity contribution is 0.0939. The van der Waals surface area contributed by atoms with Gasteiger partial charge in [0.2, 0.25) is 0 Å². The molecule has 0 saturated carbocycles. The molecule has 1 unspecified atom stereocenters. The number of carbonyl (C=O) groups excluding carboxylic acids is 1. The van der Waals surface area contributed by atoms with Crippen LogP contribution in [0.4, 0.5) is 0 Å². The number of amides is 1. The summed E-state index contributed by atoms with van der Waals surface area (Å²) in [5, 5.41) is 3.52. The zero-order valence-corrected chi connectivity index (χ0v) is 13.7. The van der Waals surface area contributed by atoms with E-state index in [0.29, 0.717) is 10.6 Å². The van der Waals surface area contributed by atoms with Crippen LogP contribution in [0.1, 0.15) is 42.7 Å². The maximum Gasteiger partial charge on any atom is 0.251 e. The summed E-state index contributed by atoms with van der Waals surface area (Å²) in [6, 6.07) is 14.5. The van der Waals surface area contributed by atoms with Crippen LogP contribution < -0.4 is 10.1 Å². The molecule has 0 aliphatic rings. The Kier molecular flexibility index (Phi) is 5.45. The van der Waals surface area contributed by atoms with E-state index in [0.717, 1.165) is 11.3 Å². The van der Waals surface area contributed by atoms with Crippen molar-refractivity contribution in [3.05, 3.63) is 64.7 Å². The van der Waals surface area contributed by atoms with E-state index < -0.39 is 0 Å². The van der Waals surface area contributed by atoms with Crippen molar-refractivity contribution in [2.45, 2.75) is 32.9 Å². The fourth-order valence-corrected chi connectivity index (χ4v) is 2.31. The highest BCUT2D eigenvalue weighted by Crippen LogP contribution is 2.20. The van der Waals surface area contributed by atoms with Crippen LogP contribution in [0.15, 0.2) is 48.5 Å². The summed E-state index contributed by atoms with van der Waals surface area (Å²) in [4.78, 5) is 12.2. The van der Waals surface area contributed by atoms with Gasteiger partial charge in [-0.05, 0) is 56.7 Å². The minimum atomic E-state index is -0.148. The number of rotatable bonds is 5. The average molecular weight is 318 g/mol. The summed E-state index contributed by atoms with van der Waals surface area (Å²) in [6.45, 7) is 5.91. The van der Waals surface area contributed by atoms with Crippen LogP contribution in [0.5, 0.6) is 5.75 Å². The second-order valence-corrected chi connectivity index (χ2v) is 5.88. The summed E-state index contributed by atoms with van der Waals surface area (Å²) in [5.41, 5.74) is 1.54. The van der Waals surface area contributed by atoms with E-state index in [1.165, 1.54) is 0 Å². The number of halogens is 1. The zero-order valence-electron chi connectivity index (χ0n) is 13.0. The van der Waals surface area contributed by atoms with E-state index >= 15 is 0 Å². The van der Waals surface area contributed by atoms with E-state index in [1.54, 1.807) is 24.3 Å². The molecule has 0 spiro atoms. The van der Waals surface area contributed by atoms with Gasteiger partial charge in [0.05, 0.1) is 12.1 Å². The quantitative estimate of drug-likeness (QED) is 0.874. The van der Waals surface area contributed by atoms with Gasteiger partial charge in [0.25, 0.3) is 5.91 Å². The molecule has 1 N–H and O–H groups in total. The van der Waals surface area contributed by atoms with E-state index in [4.69, 9.17) is 16.3 Å². The minimum Gasteiger partial charge on any atom is -0.491 e. The molecule has 0 aliphatic carbocycles. The molecule has 0 aromatic heterocycles. The van der Waals surface area contributed by atoms with Crippen LogP contribution in [-0.4, -0.2) is 12.0 Å². The molecule has 2 aromatic carbocycles. The molecule has 116 valence electrons. The lowest BCUT2D eigenvalue weighted by atomic mass is 10.1. The molecule has 22 heavy (non-hydrogen) atoms. The summed E-state index contributed by atoms with van der Waals surface area (Å²) in [7, 11) is 0. The van der Waals surface area contributed by atoms with Crippen LogP contribution in [-0.2, 0) is 0 Å². The predicted octanol–water partition coefficient (Wildman–Crippen LogP) is 4.62. The van der Waals surface area contributed by atoms with Crippen molar-refractivity contribution < 1.29 is 9.53 Å². The Labute approximate surface area is 136 Å². The van der Waals surface area contributed by atoms with E-state index in [2.05, 4.69) is 5.32 Å². The molecule has 0 fully saturated rings. The molecule has 0 saturated heterocycles. The second-order valence-electron chi connectivity index (χ2n) is 5.44. The molecule has 3 nitrogen and oxygen atoms in total. The molecule has 1 atom stereocenters. The normalized spacial score (nSPS) is 12.0. The van der Waals surface area contributed by atoms with Gasteiger partial charge in [-0.3, -0.25) is 4.79 Å². The number of hydrogen-bond donors (Lipinski definition) is 1. The smallest absolute Gasteiger partial charge is 0.251 e. The third-order valence-electron chi connectivity index (χ3n) is 3.16. The Morgan fingerprint density at radius 3 is 2.50 bits per heavy atom. The molecule has 4 heteroatoms. The van der Waals surface area contributed by atoms with Gasteiger partial charge in [0, 0.05) is 10.6 Å². The second kappa shape index (κ2) is 7.32. The molecular formula is C18H20ClNO2. The van der Waals surface area contributed by atoms with Gasteiger partial charge >= 0.3 is 0 Å². The zero-order chi connectivity index (χ0) is 16.1. The number of benzene rings is 2. The Hall–Kier alpha value is -2.00. The Bertz CT molecular complexity index is 655. The van der Waals surface area contributed by atoms with Crippen LogP contribution in [0.25, 0.3) is 0 Å². The van der Waals surface area contributed by atoms with Crippen molar-refractivity contribution in [2.24, 2.45) is 0 Å². The first-order valence-electron chi connectivity index (χ1n) is 7.29. The van der Waals surface area contributed by atoms with E-state index in [-0.39, 0.29) is 18.1 Å². The Morgan fingerprint density at radius 1 is 1.09 bits per heavy atom. The molecule has 2 aromatic rings. The van der Waals surface area contributed by atoms with Gasteiger partial charge in [-0.15, -0.1) is 0 Å². The van der Waals surface area contributed by atoms with Crippen LogP contribution in [0.3, 0.4) is 0 Å². The van der Waals surface area contributed by atoms with E-state index in [9.17, 15) is 4.79 Å². The highest BCUT2D eigenvalue weighted by atomic mass is 35.5. The first kappa shape index (κ1) is 16.4. The maximum atomic E-state index is 12.2. The fourth-order valence-electron chi connectivity index (χ4n) is 2.12. The summed E-state index contributed by atoms with van der Waals surface area (Å²) in [5.74, 6) is 0.654. The highest BCUT2D eigenvalue weighted by molar-refractivity contribution is 6.30.